The van der Waals surface area contributed by atoms with Crippen LogP contribution in [0.2, 0.25) is 0 Å². The van der Waals surface area contributed by atoms with Crippen molar-refractivity contribution in [1.82, 2.24) is 0 Å². The first-order chi connectivity index (χ1) is 6.15. The van der Waals surface area contributed by atoms with Crippen LogP contribution >= 0.6 is 0 Å². The Morgan fingerprint density at radius 3 is 2.77 bits per heavy atom. The van der Waals surface area contributed by atoms with E-state index < -0.39 is 12.1 Å². The zero-order valence-corrected chi connectivity index (χ0v) is 6.64. The first-order valence-corrected chi connectivity index (χ1v) is 3.56. The molecule has 1 aromatic rings. The van der Waals surface area contributed by atoms with Gasteiger partial charge in [-0.05, 0) is 17.7 Å². The molecule has 0 saturated heterocycles. The fourth-order valence-corrected chi connectivity index (χ4v) is 0.921. The Morgan fingerprint density at radius 2 is 2.23 bits per heavy atom. The van der Waals surface area contributed by atoms with Crippen molar-refractivity contribution in [3.63, 3.8) is 0 Å². The van der Waals surface area contributed by atoms with E-state index in [0.717, 1.165) is 0 Å². The number of hydrogen-bond donors (Lipinski definition) is 2. The van der Waals surface area contributed by atoms with Crippen LogP contribution in [0.5, 0.6) is 0 Å². The van der Waals surface area contributed by atoms with Crippen LogP contribution in [0.1, 0.15) is 17.2 Å². The molecule has 0 spiro atoms. The average molecular weight is 177 g/mol. The molecule has 0 bridgehead atoms. The van der Waals surface area contributed by atoms with Crippen molar-refractivity contribution in [3.05, 3.63) is 35.4 Å². The van der Waals surface area contributed by atoms with Crippen molar-refractivity contribution in [3.8, 4) is 6.07 Å². The zero-order chi connectivity index (χ0) is 9.84. The summed E-state index contributed by atoms with van der Waals surface area (Å²) in [7, 11) is 0. The summed E-state index contributed by atoms with van der Waals surface area (Å²) in [5, 5.41) is 26.1. The van der Waals surface area contributed by atoms with Crippen molar-refractivity contribution in [2.75, 3.05) is 0 Å². The quantitative estimate of drug-likeness (QED) is 0.695. The van der Waals surface area contributed by atoms with E-state index in [4.69, 9.17) is 15.5 Å². The second-order valence-corrected chi connectivity index (χ2v) is 2.48. The average Bonchev–Trinajstić information content (AvgIpc) is 2.16. The first-order valence-electron chi connectivity index (χ1n) is 3.56. The van der Waals surface area contributed by atoms with E-state index in [2.05, 4.69) is 0 Å². The second-order valence-electron chi connectivity index (χ2n) is 2.48. The van der Waals surface area contributed by atoms with Crippen LogP contribution in [0.15, 0.2) is 24.3 Å². The Hall–Kier alpha value is -1.86. The van der Waals surface area contributed by atoms with Gasteiger partial charge in [0.2, 0.25) is 0 Å². The van der Waals surface area contributed by atoms with E-state index in [-0.39, 0.29) is 5.56 Å². The summed E-state index contributed by atoms with van der Waals surface area (Å²) in [5.74, 6) is -1.32. The van der Waals surface area contributed by atoms with E-state index in [1.807, 2.05) is 6.07 Å². The summed E-state index contributed by atoms with van der Waals surface area (Å²) in [4.78, 5) is 10.4. The molecule has 13 heavy (non-hydrogen) atoms. The molecule has 0 aliphatic rings. The van der Waals surface area contributed by atoms with Gasteiger partial charge < -0.3 is 10.2 Å². The lowest BCUT2D eigenvalue weighted by molar-refractivity contribution is -0.146. The van der Waals surface area contributed by atoms with Gasteiger partial charge in [-0.3, -0.25) is 0 Å². The maximum Gasteiger partial charge on any atom is 0.337 e. The van der Waals surface area contributed by atoms with Gasteiger partial charge in [-0.15, -0.1) is 0 Å². The second kappa shape index (κ2) is 3.70. The van der Waals surface area contributed by atoms with E-state index in [9.17, 15) is 4.79 Å². The summed E-state index contributed by atoms with van der Waals surface area (Å²) in [6.45, 7) is 0. The maximum absolute atomic E-state index is 10.4. The molecule has 0 aromatic heterocycles. The highest BCUT2D eigenvalue weighted by atomic mass is 16.4. The molecule has 0 fully saturated rings. The summed E-state index contributed by atoms with van der Waals surface area (Å²) < 4.78 is 0. The number of hydrogen-bond acceptors (Lipinski definition) is 3. The van der Waals surface area contributed by atoms with E-state index in [1.54, 1.807) is 0 Å². The number of aliphatic carboxylic acids is 1. The molecular weight excluding hydrogens is 170 g/mol. The molecule has 1 aromatic carbocycles. The predicted molar refractivity (Wildman–Crippen MR) is 43.8 cm³/mol. The standard InChI is InChI=1S/C9H7NO3/c10-5-6-2-1-3-7(4-6)8(11)9(12)13/h1-4,8,11H,(H,12,13). The van der Waals surface area contributed by atoms with Crippen LogP contribution in [-0.4, -0.2) is 16.2 Å². The third-order valence-corrected chi connectivity index (χ3v) is 1.57. The highest BCUT2D eigenvalue weighted by Crippen LogP contribution is 2.13. The third-order valence-electron chi connectivity index (χ3n) is 1.57. The molecule has 66 valence electrons. The van der Waals surface area contributed by atoms with E-state index in [0.29, 0.717) is 5.56 Å². The molecular formula is C9H7NO3. The van der Waals surface area contributed by atoms with Crippen molar-refractivity contribution in [1.29, 1.82) is 5.26 Å². The topological polar surface area (TPSA) is 81.3 Å². The normalized spacial score (nSPS) is 11.7. The number of carboxylic acids is 1. The number of aliphatic hydroxyl groups is 1. The fourth-order valence-electron chi connectivity index (χ4n) is 0.921. The van der Waals surface area contributed by atoms with Crippen LogP contribution in [0.3, 0.4) is 0 Å². The van der Waals surface area contributed by atoms with Gasteiger partial charge in [0.25, 0.3) is 0 Å². The zero-order valence-electron chi connectivity index (χ0n) is 6.64. The Bertz CT molecular complexity index is 367. The van der Waals surface area contributed by atoms with Gasteiger partial charge in [-0.25, -0.2) is 4.79 Å². The number of carbonyl (C=O) groups is 1. The Morgan fingerprint density at radius 1 is 1.54 bits per heavy atom. The maximum atomic E-state index is 10.4. The molecule has 0 aliphatic carbocycles. The molecule has 0 radical (unpaired) electrons. The number of aliphatic hydroxyl groups excluding tert-OH is 1. The molecule has 1 unspecified atom stereocenters. The monoisotopic (exact) mass is 177 g/mol. The predicted octanol–water partition coefficient (Wildman–Crippen LogP) is 0.676. The van der Waals surface area contributed by atoms with Gasteiger partial charge in [-0.1, -0.05) is 12.1 Å². The lowest BCUT2D eigenvalue weighted by atomic mass is 10.1. The van der Waals surface area contributed by atoms with Gasteiger partial charge >= 0.3 is 5.97 Å². The molecule has 4 nitrogen and oxygen atoms in total. The SMILES string of the molecule is N#Cc1cccc(C(O)C(=O)O)c1. The molecule has 0 saturated carbocycles. The number of nitriles is 1. The van der Waals surface area contributed by atoms with Crippen LogP contribution in [-0.2, 0) is 4.79 Å². The highest BCUT2D eigenvalue weighted by molar-refractivity contribution is 5.74. The minimum atomic E-state index is -1.56. The van der Waals surface area contributed by atoms with E-state index in [1.165, 1.54) is 24.3 Å². The van der Waals surface area contributed by atoms with Crippen LogP contribution < -0.4 is 0 Å². The number of nitrogens with zero attached hydrogens (tertiary/aromatic N) is 1. The van der Waals surface area contributed by atoms with Crippen molar-refractivity contribution < 1.29 is 15.0 Å². The lowest BCUT2D eigenvalue weighted by Crippen LogP contribution is -2.10. The Balaban J connectivity index is 3.03. The molecule has 4 heteroatoms. The highest BCUT2D eigenvalue weighted by Gasteiger charge is 2.15. The minimum absolute atomic E-state index is 0.214. The van der Waals surface area contributed by atoms with E-state index >= 15 is 0 Å². The van der Waals surface area contributed by atoms with Crippen LogP contribution in [0.25, 0.3) is 0 Å². The van der Waals surface area contributed by atoms with Gasteiger partial charge in [-0.2, -0.15) is 5.26 Å². The fraction of sp³-hybridized carbons (Fsp3) is 0.111. The third kappa shape index (κ3) is 2.04. The van der Waals surface area contributed by atoms with Gasteiger partial charge in [0.1, 0.15) is 0 Å². The Labute approximate surface area is 74.7 Å². The van der Waals surface area contributed by atoms with Crippen molar-refractivity contribution >= 4 is 5.97 Å². The molecule has 0 amide bonds. The summed E-state index contributed by atoms with van der Waals surface area (Å²) in [6.07, 6.45) is -1.56. The smallest absolute Gasteiger partial charge is 0.337 e. The van der Waals surface area contributed by atoms with Gasteiger partial charge in [0, 0.05) is 0 Å². The first kappa shape index (κ1) is 9.23. The van der Waals surface area contributed by atoms with Crippen LogP contribution in [0, 0.1) is 11.3 Å². The largest absolute Gasteiger partial charge is 0.479 e. The number of benzene rings is 1. The molecule has 0 heterocycles. The van der Waals surface area contributed by atoms with Crippen LogP contribution in [0.4, 0.5) is 0 Å². The number of carboxylic acid groups (broad SMARTS) is 1. The molecule has 1 rings (SSSR count). The van der Waals surface area contributed by atoms with Gasteiger partial charge in [0.05, 0.1) is 11.6 Å². The molecule has 0 aliphatic heterocycles. The molecule has 2 N–H and O–H groups in total. The number of rotatable bonds is 2. The lowest BCUT2D eigenvalue weighted by Gasteiger charge is -2.04. The summed E-state index contributed by atoms with van der Waals surface area (Å²) in [5.41, 5.74) is 0.546. The minimum Gasteiger partial charge on any atom is -0.479 e. The summed E-state index contributed by atoms with van der Waals surface area (Å²) >= 11 is 0. The Kier molecular flexibility index (Phi) is 2.62. The van der Waals surface area contributed by atoms with Gasteiger partial charge in [0.15, 0.2) is 6.10 Å². The summed E-state index contributed by atoms with van der Waals surface area (Å²) in [6, 6.07) is 7.73. The molecule has 1 atom stereocenters. The van der Waals surface area contributed by atoms with Crippen molar-refractivity contribution in [2.24, 2.45) is 0 Å². The van der Waals surface area contributed by atoms with Crippen molar-refractivity contribution in [2.45, 2.75) is 6.10 Å².